The predicted octanol–water partition coefficient (Wildman–Crippen LogP) is 1.39. The second-order valence-electron chi connectivity index (χ2n) is 6.93. The molecule has 21 heavy (non-hydrogen) atoms. The van der Waals surface area contributed by atoms with E-state index in [1.54, 1.807) is 6.33 Å². The van der Waals surface area contributed by atoms with Crippen molar-refractivity contribution in [3.05, 3.63) is 12.2 Å². The van der Waals surface area contributed by atoms with E-state index >= 15 is 0 Å². The maximum atomic E-state index is 12.7. The van der Waals surface area contributed by atoms with Crippen molar-refractivity contribution in [3.63, 3.8) is 0 Å². The molecule has 1 fully saturated rings. The number of carbonyl (C=O) groups is 1. The van der Waals surface area contributed by atoms with Crippen molar-refractivity contribution in [2.45, 2.75) is 52.6 Å². The van der Waals surface area contributed by atoms with Gasteiger partial charge in [0.15, 0.2) is 5.82 Å². The quantitative estimate of drug-likeness (QED) is 0.882. The molecule has 3 N–H and O–H groups in total. The molecule has 1 aliphatic carbocycles. The summed E-state index contributed by atoms with van der Waals surface area (Å²) in [5.41, 5.74) is 6.07. The summed E-state index contributed by atoms with van der Waals surface area (Å²) in [6.07, 6.45) is 3.39. The SMILES string of the molecule is CC(NC(=O)C1CCC(N)C(C)C1(C)C)c1nncn1C. The minimum atomic E-state index is -0.147. The molecule has 0 bridgehead atoms. The number of carbonyl (C=O) groups excluding carboxylic acids is 1. The van der Waals surface area contributed by atoms with Crippen LogP contribution in [0.15, 0.2) is 6.33 Å². The molecule has 1 amide bonds. The van der Waals surface area contributed by atoms with E-state index in [1.165, 1.54) is 0 Å². The van der Waals surface area contributed by atoms with Gasteiger partial charge in [0.2, 0.25) is 5.91 Å². The average Bonchev–Trinajstić information content (AvgIpc) is 2.82. The zero-order valence-electron chi connectivity index (χ0n) is 13.6. The molecule has 4 atom stereocenters. The topological polar surface area (TPSA) is 85.8 Å². The lowest BCUT2D eigenvalue weighted by Gasteiger charge is -2.46. The van der Waals surface area contributed by atoms with Gasteiger partial charge in [-0.25, -0.2) is 0 Å². The number of hydrogen-bond acceptors (Lipinski definition) is 4. The number of aryl methyl sites for hydroxylation is 1. The average molecular weight is 293 g/mol. The second kappa shape index (κ2) is 5.75. The van der Waals surface area contributed by atoms with Crippen molar-refractivity contribution in [2.24, 2.45) is 30.0 Å². The fraction of sp³-hybridized carbons (Fsp3) is 0.800. The van der Waals surface area contributed by atoms with Crippen LogP contribution in [0.1, 0.15) is 52.4 Å². The van der Waals surface area contributed by atoms with E-state index in [9.17, 15) is 4.79 Å². The maximum Gasteiger partial charge on any atom is 0.224 e. The molecule has 6 nitrogen and oxygen atoms in total. The van der Waals surface area contributed by atoms with Crippen LogP contribution < -0.4 is 11.1 Å². The number of nitrogens with zero attached hydrogens (tertiary/aromatic N) is 3. The molecule has 118 valence electrons. The van der Waals surface area contributed by atoms with Crippen LogP contribution in [0.2, 0.25) is 0 Å². The minimum Gasteiger partial charge on any atom is -0.346 e. The molecule has 1 aliphatic rings. The van der Waals surface area contributed by atoms with E-state index in [-0.39, 0.29) is 29.3 Å². The molecule has 6 heteroatoms. The van der Waals surface area contributed by atoms with E-state index in [1.807, 2.05) is 18.5 Å². The van der Waals surface area contributed by atoms with E-state index in [2.05, 4.69) is 36.3 Å². The van der Waals surface area contributed by atoms with Crippen molar-refractivity contribution >= 4 is 5.91 Å². The van der Waals surface area contributed by atoms with Crippen molar-refractivity contribution in [1.29, 1.82) is 0 Å². The zero-order chi connectivity index (χ0) is 15.8. The standard InChI is InChI=1S/C15H27N5O/c1-9-12(16)7-6-11(15(9,3)4)14(21)18-10(2)13-19-17-8-20(13)5/h8-12H,6-7,16H2,1-5H3,(H,18,21). The van der Waals surface area contributed by atoms with E-state index in [4.69, 9.17) is 5.73 Å². The zero-order valence-corrected chi connectivity index (χ0v) is 13.6. The lowest BCUT2D eigenvalue weighted by molar-refractivity contribution is -0.133. The van der Waals surface area contributed by atoms with Gasteiger partial charge in [0.05, 0.1) is 6.04 Å². The molecule has 1 saturated carbocycles. The summed E-state index contributed by atoms with van der Waals surface area (Å²) in [6, 6.07) is 0.0342. The molecular formula is C15H27N5O. The summed E-state index contributed by atoms with van der Waals surface area (Å²) < 4.78 is 1.83. The largest absolute Gasteiger partial charge is 0.346 e. The Balaban J connectivity index is 2.08. The highest BCUT2D eigenvalue weighted by molar-refractivity contribution is 5.80. The first-order valence-corrected chi connectivity index (χ1v) is 7.65. The van der Waals surface area contributed by atoms with Crippen LogP contribution in [-0.2, 0) is 11.8 Å². The van der Waals surface area contributed by atoms with E-state index in [0.717, 1.165) is 18.7 Å². The lowest BCUT2D eigenvalue weighted by Crippen LogP contribution is -2.51. The van der Waals surface area contributed by atoms with Crippen LogP contribution in [-0.4, -0.2) is 26.7 Å². The Morgan fingerprint density at radius 3 is 2.76 bits per heavy atom. The third-order valence-electron chi connectivity index (χ3n) is 5.31. The number of rotatable bonds is 3. The van der Waals surface area contributed by atoms with Crippen LogP contribution in [0.3, 0.4) is 0 Å². The van der Waals surface area contributed by atoms with Crippen LogP contribution in [0.4, 0.5) is 0 Å². The Hall–Kier alpha value is -1.43. The van der Waals surface area contributed by atoms with Crippen molar-refractivity contribution in [3.8, 4) is 0 Å². The third-order valence-corrected chi connectivity index (χ3v) is 5.31. The molecule has 0 radical (unpaired) electrons. The first kappa shape index (κ1) is 15.9. The molecule has 2 rings (SSSR count). The summed E-state index contributed by atoms with van der Waals surface area (Å²) in [5.74, 6) is 1.17. The van der Waals surface area contributed by atoms with E-state index < -0.39 is 0 Å². The Morgan fingerprint density at radius 2 is 2.19 bits per heavy atom. The van der Waals surface area contributed by atoms with Gasteiger partial charge >= 0.3 is 0 Å². The monoisotopic (exact) mass is 293 g/mol. The Kier molecular flexibility index (Phi) is 4.37. The summed E-state index contributed by atoms with van der Waals surface area (Å²) in [5, 5.41) is 11.0. The van der Waals surface area contributed by atoms with Gasteiger partial charge in [0.25, 0.3) is 0 Å². The van der Waals surface area contributed by atoms with Gasteiger partial charge in [0.1, 0.15) is 6.33 Å². The molecule has 1 aromatic rings. The second-order valence-corrected chi connectivity index (χ2v) is 6.93. The molecule has 1 aromatic heterocycles. The molecule has 4 unspecified atom stereocenters. The molecule has 0 saturated heterocycles. The van der Waals surface area contributed by atoms with Gasteiger partial charge in [-0.1, -0.05) is 20.8 Å². The first-order valence-electron chi connectivity index (χ1n) is 7.65. The highest BCUT2D eigenvalue weighted by atomic mass is 16.2. The Bertz CT molecular complexity index is 510. The molecular weight excluding hydrogens is 266 g/mol. The first-order chi connectivity index (χ1) is 9.75. The molecule has 1 heterocycles. The van der Waals surface area contributed by atoms with Crippen LogP contribution in [0.5, 0.6) is 0 Å². The van der Waals surface area contributed by atoms with Gasteiger partial charge in [-0.2, -0.15) is 0 Å². The predicted molar refractivity (Wildman–Crippen MR) is 81.2 cm³/mol. The van der Waals surface area contributed by atoms with Crippen LogP contribution in [0, 0.1) is 17.3 Å². The van der Waals surface area contributed by atoms with Gasteiger partial charge in [-0.3, -0.25) is 4.79 Å². The smallest absolute Gasteiger partial charge is 0.224 e. The Labute approximate surface area is 126 Å². The van der Waals surface area contributed by atoms with Gasteiger partial charge < -0.3 is 15.6 Å². The maximum absolute atomic E-state index is 12.7. The summed E-state index contributed by atoms with van der Waals surface area (Å²) in [6.45, 7) is 8.38. The van der Waals surface area contributed by atoms with Gasteiger partial charge in [-0.15, -0.1) is 10.2 Å². The van der Waals surface area contributed by atoms with Crippen molar-refractivity contribution < 1.29 is 4.79 Å². The van der Waals surface area contributed by atoms with Crippen LogP contribution >= 0.6 is 0 Å². The number of amides is 1. The van der Waals surface area contributed by atoms with Crippen molar-refractivity contribution in [2.75, 3.05) is 0 Å². The fourth-order valence-electron chi connectivity index (χ4n) is 3.38. The highest BCUT2D eigenvalue weighted by Crippen LogP contribution is 2.44. The van der Waals surface area contributed by atoms with Gasteiger partial charge in [-0.05, 0) is 31.1 Å². The van der Waals surface area contributed by atoms with Crippen LogP contribution in [0.25, 0.3) is 0 Å². The molecule has 0 spiro atoms. The number of hydrogen-bond donors (Lipinski definition) is 2. The number of aromatic nitrogens is 3. The summed E-state index contributed by atoms with van der Waals surface area (Å²) in [4.78, 5) is 12.7. The Morgan fingerprint density at radius 1 is 1.52 bits per heavy atom. The highest BCUT2D eigenvalue weighted by Gasteiger charge is 2.45. The summed E-state index contributed by atoms with van der Waals surface area (Å²) >= 11 is 0. The fourth-order valence-corrected chi connectivity index (χ4v) is 3.38. The molecule has 0 aliphatic heterocycles. The number of nitrogens with one attached hydrogen (secondary N) is 1. The third kappa shape index (κ3) is 2.95. The van der Waals surface area contributed by atoms with E-state index in [0.29, 0.717) is 5.92 Å². The van der Waals surface area contributed by atoms with Gasteiger partial charge in [0, 0.05) is 19.0 Å². The number of nitrogens with two attached hydrogens (primary N) is 1. The minimum absolute atomic E-state index is 0.0111. The lowest BCUT2D eigenvalue weighted by atomic mass is 9.61. The summed E-state index contributed by atoms with van der Waals surface area (Å²) in [7, 11) is 1.88. The van der Waals surface area contributed by atoms with Crippen molar-refractivity contribution in [1.82, 2.24) is 20.1 Å². The normalized spacial score (nSPS) is 29.9. The molecule has 0 aromatic carbocycles.